The van der Waals surface area contributed by atoms with Crippen LogP contribution in [0.4, 0.5) is 8.78 Å². The van der Waals surface area contributed by atoms with E-state index in [2.05, 4.69) is 122 Å². The van der Waals surface area contributed by atoms with E-state index in [1.54, 1.807) is 12.1 Å². The second-order valence-electron chi connectivity index (χ2n) is 26.4. The third-order valence-corrected chi connectivity index (χ3v) is 19.1. The summed E-state index contributed by atoms with van der Waals surface area (Å²) in [5.74, 6) is 3.15. The zero-order valence-corrected chi connectivity index (χ0v) is 52.4. The lowest BCUT2D eigenvalue weighted by Gasteiger charge is -2.31. The van der Waals surface area contributed by atoms with Gasteiger partial charge < -0.3 is 0 Å². The van der Waals surface area contributed by atoms with Gasteiger partial charge >= 0.3 is 0 Å². The fourth-order valence-corrected chi connectivity index (χ4v) is 13.3. The minimum atomic E-state index is -0.175. The Morgan fingerprint density at radius 1 is 0.364 bits per heavy atom. The molecule has 0 aromatic heterocycles. The molecule has 0 N–H and O–H groups in total. The first-order valence-corrected chi connectivity index (χ1v) is 30.1. The zero-order chi connectivity index (χ0) is 56.8. The highest BCUT2D eigenvalue weighted by Gasteiger charge is 2.39. The predicted molar refractivity (Wildman–Crippen MR) is 337 cm³/mol. The summed E-state index contributed by atoms with van der Waals surface area (Å²) in [5, 5.41) is 3.51. The van der Waals surface area contributed by atoms with Gasteiger partial charge in [0, 0.05) is 10.0 Å². The van der Waals surface area contributed by atoms with E-state index < -0.39 is 0 Å². The van der Waals surface area contributed by atoms with Crippen molar-refractivity contribution in [2.45, 2.75) is 191 Å². The molecular formula is C69H92Cl6F2. The van der Waals surface area contributed by atoms with Crippen LogP contribution in [0.25, 0.3) is 0 Å². The molecule has 8 heteroatoms. The zero-order valence-electron chi connectivity index (χ0n) is 47.9. The Morgan fingerprint density at radius 3 is 0.870 bits per heavy atom. The molecule has 424 valence electrons. The van der Waals surface area contributed by atoms with E-state index in [-0.39, 0.29) is 52.6 Å². The molecule has 8 rings (SSSR count). The number of hydrogen-bond donors (Lipinski definition) is 0. The minimum absolute atomic E-state index is 0. The molecule has 4 aromatic carbocycles. The summed E-state index contributed by atoms with van der Waals surface area (Å²) in [7, 11) is 0. The van der Waals surface area contributed by atoms with E-state index in [9.17, 15) is 8.78 Å². The lowest BCUT2D eigenvalue weighted by atomic mass is 9.74. The van der Waals surface area contributed by atoms with Crippen LogP contribution in [0.15, 0.2) is 121 Å². The van der Waals surface area contributed by atoms with E-state index in [1.165, 1.54) is 84.1 Å². The molecule has 0 saturated heterocycles. The van der Waals surface area contributed by atoms with Crippen molar-refractivity contribution in [1.29, 1.82) is 0 Å². The Balaban J connectivity index is 0.000000221. The Morgan fingerprint density at radius 2 is 0.623 bits per heavy atom. The molecule has 0 heterocycles. The van der Waals surface area contributed by atoms with E-state index in [4.69, 9.17) is 69.6 Å². The van der Waals surface area contributed by atoms with E-state index >= 15 is 0 Å². The molecule has 77 heavy (non-hydrogen) atoms. The molecule has 4 saturated carbocycles. The van der Waals surface area contributed by atoms with Crippen LogP contribution in [0.2, 0.25) is 30.1 Å². The standard InChI is InChI=1S/2C17H22Cl2.2C17H22ClF.CH4/c2*1-11(17(2,3)4)13-6-5-7-14(13)12-8-9-15(18)16(19)10-12;2*1-11(17(2,3)4)13-6-5-7-14(13)15-9-8-12(18)10-16(15)19;/h4*8-10,13-14H,1,5-7H2,2-4H3;1H4/t2*13-,14-;2*13-,14+;/m1010./s1. The van der Waals surface area contributed by atoms with Gasteiger partial charge in [0.1, 0.15) is 11.6 Å². The van der Waals surface area contributed by atoms with Crippen LogP contribution < -0.4 is 0 Å². The monoisotopic (exact) mass is 1170 g/mol. The van der Waals surface area contributed by atoms with E-state index in [0.717, 1.165) is 49.7 Å². The molecule has 0 nitrogen and oxygen atoms in total. The fourth-order valence-electron chi connectivity index (χ4n) is 12.4. The van der Waals surface area contributed by atoms with Crippen molar-refractivity contribution in [3.05, 3.63) is 185 Å². The maximum Gasteiger partial charge on any atom is 0.128 e. The van der Waals surface area contributed by atoms with Gasteiger partial charge in [-0.15, -0.1) is 0 Å². The Bertz CT molecular complexity index is 2490. The first kappa shape index (κ1) is 66.9. The van der Waals surface area contributed by atoms with Crippen molar-refractivity contribution in [1.82, 2.24) is 0 Å². The van der Waals surface area contributed by atoms with Gasteiger partial charge in [-0.05, 0) is 191 Å². The molecular weight excluding hydrogens is 1080 g/mol. The highest BCUT2D eigenvalue weighted by Crippen LogP contribution is 2.52. The van der Waals surface area contributed by atoms with Gasteiger partial charge in [-0.2, -0.15) is 0 Å². The average Bonchev–Trinajstić information content (AvgIpc) is 4.18. The summed E-state index contributed by atoms with van der Waals surface area (Å²) in [6.45, 7) is 43.9. The van der Waals surface area contributed by atoms with E-state index in [1.807, 2.05) is 36.4 Å². The number of allylic oxidation sites excluding steroid dienone is 4. The number of hydrogen-bond acceptors (Lipinski definition) is 0. The van der Waals surface area contributed by atoms with Crippen LogP contribution >= 0.6 is 69.6 Å². The van der Waals surface area contributed by atoms with Crippen molar-refractivity contribution in [3.8, 4) is 0 Å². The fraction of sp³-hybridized carbons (Fsp3) is 0.536. The van der Waals surface area contributed by atoms with Crippen molar-refractivity contribution < 1.29 is 8.78 Å². The van der Waals surface area contributed by atoms with Gasteiger partial charge in [0.05, 0.1) is 20.1 Å². The van der Waals surface area contributed by atoms with Crippen LogP contribution in [0, 0.1) is 57.0 Å². The quantitative estimate of drug-likeness (QED) is 0.154. The molecule has 0 radical (unpaired) electrons. The number of benzene rings is 4. The Labute approximate surface area is 496 Å². The lowest BCUT2D eigenvalue weighted by molar-refractivity contribution is 0.400. The van der Waals surface area contributed by atoms with Crippen LogP contribution in [0.1, 0.15) is 213 Å². The SMILES string of the molecule is C.C=C([C@@H]1CCC[C@H]1c1ccc(Cl)c(Cl)c1)C(C)(C)C.C=C([C@@H]1CCC[C@H]1c1ccc(Cl)cc1F)C(C)(C)C.C=C([C@H]1CCC[C@@H]1c1ccc(Cl)c(Cl)c1)C(C)(C)C.C=C([C@H]1CCC[C@@H]1c1ccc(Cl)cc1F)C(C)(C)C. The summed E-state index contributed by atoms with van der Waals surface area (Å²) >= 11 is 36.0. The predicted octanol–water partition coefficient (Wildman–Crippen LogP) is 25.5. The second-order valence-corrected chi connectivity index (χ2v) is 28.9. The third kappa shape index (κ3) is 17.7. The third-order valence-electron chi connectivity index (χ3n) is 17.2. The smallest absolute Gasteiger partial charge is 0.128 e. The van der Waals surface area contributed by atoms with Crippen LogP contribution in [-0.2, 0) is 0 Å². The molecule has 4 fully saturated rings. The highest BCUT2D eigenvalue weighted by atomic mass is 35.5. The van der Waals surface area contributed by atoms with Gasteiger partial charge in [-0.25, -0.2) is 8.78 Å². The lowest BCUT2D eigenvalue weighted by Crippen LogP contribution is -2.20. The maximum absolute atomic E-state index is 14.1. The van der Waals surface area contributed by atoms with Gasteiger partial charge in [-0.1, -0.05) is 259 Å². The highest BCUT2D eigenvalue weighted by molar-refractivity contribution is 6.42. The minimum Gasteiger partial charge on any atom is -0.207 e. The molecule has 4 aliphatic carbocycles. The first-order chi connectivity index (χ1) is 35.2. The summed E-state index contributed by atoms with van der Waals surface area (Å²) in [6.07, 6.45) is 14.0. The summed E-state index contributed by atoms with van der Waals surface area (Å²) in [5.41, 5.74) is 9.93. The molecule has 4 aromatic rings. The van der Waals surface area contributed by atoms with Crippen molar-refractivity contribution in [2.24, 2.45) is 45.3 Å². The largest absolute Gasteiger partial charge is 0.207 e. The van der Waals surface area contributed by atoms with Crippen molar-refractivity contribution in [3.63, 3.8) is 0 Å². The molecule has 0 unspecified atom stereocenters. The maximum atomic E-state index is 14.1. The van der Waals surface area contributed by atoms with Crippen molar-refractivity contribution >= 4 is 69.6 Å². The van der Waals surface area contributed by atoms with Crippen molar-refractivity contribution in [2.75, 3.05) is 0 Å². The number of rotatable bonds is 8. The normalized spacial score (nSPS) is 23.3. The molecule has 0 aliphatic heterocycles. The van der Waals surface area contributed by atoms with Gasteiger partial charge in [0.15, 0.2) is 0 Å². The molecule has 0 bridgehead atoms. The number of halogens is 8. The molecule has 0 amide bonds. The molecule has 0 spiro atoms. The molecule has 8 atom stereocenters. The van der Waals surface area contributed by atoms with Gasteiger partial charge in [0.25, 0.3) is 0 Å². The Kier molecular flexibility index (Phi) is 24.3. The summed E-state index contributed by atoms with van der Waals surface area (Å²) < 4.78 is 28.2. The van der Waals surface area contributed by atoms with E-state index in [0.29, 0.717) is 65.6 Å². The average molecular weight is 1170 g/mol. The summed E-state index contributed by atoms with van der Waals surface area (Å²) in [4.78, 5) is 0. The van der Waals surface area contributed by atoms with Crippen LogP contribution in [-0.4, -0.2) is 0 Å². The van der Waals surface area contributed by atoms with Gasteiger partial charge in [-0.3, -0.25) is 0 Å². The topological polar surface area (TPSA) is 0 Å². The van der Waals surface area contributed by atoms with Crippen LogP contribution in [0.3, 0.4) is 0 Å². The Hall–Kier alpha value is -2.56. The van der Waals surface area contributed by atoms with Gasteiger partial charge in [0.2, 0.25) is 0 Å². The van der Waals surface area contributed by atoms with Crippen LogP contribution in [0.5, 0.6) is 0 Å². The second kappa shape index (κ2) is 27.9. The molecule has 4 aliphatic rings. The summed E-state index contributed by atoms with van der Waals surface area (Å²) in [6, 6.07) is 22.2. The first-order valence-electron chi connectivity index (χ1n) is 27.8.